The van der Waals surface area contributed by atoms with E-state index in [2.05, 4.69) is 58.1 Å². The van der Waals surface area contributed by atoms with E-state index < -0.39 is 142 Å². The summed E-state index contributed by atoms with van der Waals surface area (Å²) in [7, 11) is 7.55. The second-order valence-electron chi connectivity index (χ2n) is 27.3. The average molecular weight is 1320 g/mol. The summed E-state index contributed by atoms with van der Waals surface area (Å²) >= 11 is 0. The lowest BCUT2D eigenvalue weighted by Gasteiger charge is -2.63. The number of ether oxygens (including phenoxy) is 7. The summed E-state index contributed by atoms with van der Waals surface area (Å²) in [5, 5.41) is 68.0. The smallest absolute Gasteiger partial charge is 0.344 e. The molecule has 2 bridgehead atoms. The van der Waals surface area contributed by atoms with Gasteiger partial charge in [0, 0.05) is 133 Å². The maximum atomic E-state index is 15.2. The second-order valence-corrected chi connectivity index (χ2v) is 27.3. The van der Waals surface area contributed by atoms with Gasteiger partial charge in [-0.3, -0.25) is 33.8 Å². The summed E-state index contributed by atoms with van der Waals surface area (Å²) in [4.78, 5) is 92.9. The Morgan fingerprint density at radius 1 is 0.854 bits per heavy atom. The topological polar surface area (TPSA) is 340 Å². The molecule has 3 aliphatic carbocycles. The van der Waals surface area contributed by atoms with Gasteiger partial charge in [0.25, 0.3) is 0 Å². The van der Waals surface area contributed by atoms with Crippen LogP contribution in [0.25, 0.3) is 10.9 Å². The molecular formula is C72H83N5O19. The molecule has 0 radical (unpaired) electrons. The fourth-order valence-electron chi connectivity index (χ4n) is 18.6. The number of nitrogens with two attached hydrogens (primary N) is 1. The summed E-state index contributed by atoms with van der Waals surface area (Å²) in [6.07, 6.45) is 2.55. The van der Waals surface area contributed by atoms with Crippen LogP contribution in [0.2, 0.25) is 0 Å². The fourth-order valence-corrected chi connectivity index (χ4v) is 18.6. The zero-order valence-corrected chi connectivity index (χ0v) is 55.2. The van der Waals surface area contributed by atoms with E-state index in [9.17, 15) is 54.6 Å². The standard InChI is InChI=1S/C45H54N4O8.C27H29NO11/c1-8-27-19-28-22-44(40(51)55-6,36-30(25-48(23-27)24-28)29-13-10-11-14-33(29)46-36)32-20-31-34(21-35(32)54-5)47(4)38-43(31)16-18-49-17-12-15-42(9-2,37(43)49)39(57-26(3)50)45(38,53)41(52)56-7;1-10-22(31)13(28)6-17(38-10)39-15-8-27(36,16(30)9-29)7-12-19(15)26(35)21-20(24(12)33)23(32)11-4-3-5-14(37-2)18(11)25(21)34/h10-15,19-21,28,37-39,46,53H,8-9,16-18,22-25H2,1-7H3;3-5,10,13,15,17,22,29,31,33,35-36H,6-9,28H2,1-2H3/t28?,37-,38+,39+,42+,43+,44-,45-;10-,13-,15-,17-,22+,27-/m00/s1. The van der Waals surface area contributed by atoms with Crippen molar-refractivity contribution in [3.8, 4) is 23.0 Å². The number of phenolic OH excluding ortho intramolecular Hbond substituents is 2. The van der Waals surface area contributed by atoms with Gasteiger partial charge in [0.1, 0.15) is 40.6 Å². The van der Waals surface area contributed by atoms with Crippen LogP contribution in [0.4, 0.5) is 5.69 Å². The lowest BCUT2D eigenvalue weighted by molar-refractivity contribution is -0.247. The number of nitrogens with zero attached hydrogens (tertiary/aromatic N) is 3. The highest BCUT2D eigenvalue weighted by Crippen LogP contribution is 2.68. The lowest BCUT2D eigenvalue weighted by atomic mass is 9.47. The number of aliphatic hydroxyl groups is 4. The number of H-pyrrole nitrogens is 1. The number of phenols is 2. The van der Waals surface area contributed by atoms with Crippen molar-refractivity contribution >= 4 is 51.8 Å². The number of esters is 3. The molecule has 3 fully saturated rings. The van der Waals surface area contributed by atoms with Gasteiger partial charge in [-0.15, -0.1) is 0 Å². The number of fused-ring (bicyclic) bond motifs is 9. The van der Waals surface area contributed by atoms with Crippen molar-refractivity contribution in [1.82, 2.24) is 14.8 Å². The number of aromatic amines is 1. The van der Waals surface area contributed by atoms with Crippen molar-refractivity contribution in [3.63, 3.8) is 0 Å². The van der Waals surface area contributed by atoms with E-state index in [-0.39, 0.29) is 52.4 Å². The molecule has 9 N–H and O–H groups in total. The number of methoxy groups -OCH3 is 4. The molecule has 24 nitrogen and oxygen atoms in total. The van der Waals surface area contributed by atoms with Crippen LogP contribution in [-0.4, -0.2) is 203 Å². The number of ketones is 3. The highest BCUT2D eigenvalue weighted by Gasteiger charge is 2.80. The minimum Gasteiger partial charge on any atom is -0.507 e. The molecule has 1 aromatic heterocycles. The molecule has 1 spiro atoms. The zero-order chi connectivity index (χ0) is 68.6. The van der Waals surface area contributed by atoms with Crippen LogP contribution in [0.15, 0.2) is 78.4 Å². The number of Topliss-reactive ketones (excluding diaryl/α,β-unsaturated/α-hetero) is 1. The molecule has 2 saturated heterocycles. The van der Waals surface area contributed by atoms with Crippen molar-refractivity contribution in [2.24, 2.45) is 17.1 Å². The van der Waals surface area contributed by atoms with E-state index in [1.165, 1.54) is 52.0 Å². The van der Waals surface area contributed by atoms with Gasteiger partial charge in [-0.05, 0) is 74.4 Å². The first-order chi connectivity index (χ1) is 45.8. The number of aliphatic hydroxyl groups excluding tert-OH is 2. The lowest BCUT2D eigenvalue weighted by Crippen LogP contribution is -2.81. The van der Waals surface area contributed by atoms with Crippen LogP contribution in [0.1, 0.15) is 138 Å². The van der Waals surface area contributed by atoms with Crippen LogP contribution in [-0.2, 0) is 66.7 Å². The predicted molar refractivity (Wildman–Crippen MR) is 346 cm³/mol. The number of carbonyl (C=O) groups is 6. The van der Waals surface area contributed by atoms with E-state index in [0.717, 1.165) is 52.9 Å². The molecule has 5 aromatic rings. The van der Waals surface area contributed by atoms with Gasteiger partial charge in [-0.25, -0.2) is 4.79 Å². The molecule has 2 unspecified atom stereocenters. The monoisotopic (exact) mass is 1320 g/mol. The first-order valence-electron chi connectivity index (χ1n) is 32.8. The Kier molecular flexibility index (Phi) is 16.8. The number of hydrogen-bond donors (Lipinski definition) is 8. The van der Waals surface area contributed by atoms with Gasteiger partial charge in [0.2, 0.25) is 11.4 Å². The van der Waals surface area contributed by atoms with Crippen molar-refractivity contribution in [2.75, 3.05) is 73.2 Å². The van der Waals surface area contributed by atoms with E-state index in [1.807, 2.05) is 37.1 Å². The Labute approximate surface area is 554 Å². The van der Waals surface area contributed by atoms with Crippen molar-refractivity contribution in [2.45, 2.75) is 150 Å². The highest BCUT2D eigenvalue weighted by atomic mass is 16.7. The third-order valence-corrected chi connectivity index (χ3v) is 22.6. The number of aromatic hydroxyl groups is 2. The second kappa shape index (κ2) is 24.2. The fraction of sp³-hybridized carbons (Fsp3) is 0.500. The number of para-hydroxylation sites is 1. The van der Waals surface area contributed by atoms with Crippen molar-refractivity contribution in [3.05, 3.63) is 134 Å². The Balaban J connectivity index is 0.000000187. The minimum absolute atomic E-state index is 0.0173. The Morgan fingerprint density at radius 3 is 2.26 bits per heavy atom. The summed E-state index contributed by atoms with van der Waals surface area (Å²) in [5.41, 5.74) is 3.42. The van der Waals surface area contributed by atoms with Gasteiger partial charge < -0.3 is 79.4 Å². The first-order valence-corrected chi connectivity index (χ1v) is 32.8. The molecule has 24 heteroatoms. The minimum atomic E-state index is -2.27. The summed E-state index contributed by atoms with van der Waals surface area (Å²) in [6, 6.07) is 14.8. The molecule has 1 saturated carbocycles. The van der Waals surface area contributed by atoms with Crippen molar-refractivity contribution < 1.29 is 92.6 Å². The van der Waals surface area contributed by atoms with Gasteiger partial charge in [0.15, 0.2) is 24.0 Å². The quantitative estimate of drug-likeness (QED) is 0.0354. The van der Waals surface area contributed by atoms with Gasteiger partial charge in [-0.2, -0.15) is 0 Å². The zero-order valence-electron chi connectivity index (χ0n) is 55.2. The maximum absolute atomic E-state index is 15.2. The SMILES string of the molecule is CCC1=CC2CN(C1)Cc1c([nH]c3ccccc13)[C@@](C(=O)OC)(c1cc3c(cc1OC)N(C)[C@H]1[C@@](O)(C(=O)OC)[C@H](OC(C)=O)[C@]4(CC)C=CCN5CC[C@]31[C@@H]54)C2.COc1cccc2c1C(=O)c1c(O)c3c(c(O)c1C2=O)C[C@@](O)(C(=O)CO)C[C@@H]3O[C@H]1C[C@H](N)[C@H](O)[C@H](C)O1. The predicted octanol–water partition coefficient (Wildman–Crippen LogP) is 4.75. The Hall–Kier alpha value is -8.04. The first kappa shape index (κ1) is 66.6. The third kappa shape index (κ3) is 9.47. The molecule has 15 atom stereocenters. The molecule has 4 aromatic carbocycles. The summed E-state index contributed by atoms with van der Waals surface area (Å²) < 4.78 is 40.9. The Morgan fingerprint density at radius 2 is 1.58 bits per heavy atom. The van der Waals surface area contributed by atoms with E-state index in [1.54, 1.807) is 14.0 Å². The van der Waals surface area contributed by atoms with Crippen LogP contribution in [0.3, 0.4) is 0 Å². The van der Waals surface area contributed by atoms with Gasteiger partial charge in [-0.1, -0.05) is 68.0 Å². The molecule has 14 rings (SSSR count). The van der Waals surface area contributed by atoms with E-state index in [4.69, 9.17) is 38.9 Å². The summed E-state index contributed by atoms with van der Waals surface area (Å²) in [6.45, 7) is 9.75. The molecule has 6 aliphatic heterocycles. The number of anilines is 1. The molecule has 0 amide bonds. The Bertz CT molecular complexity index is 4130. The molecule has 7 heterocycles. The summed E-state index contributed by atoms with van der Waals surface area (Å²) in [5.74, 6) is -5.09. The number of nitrogens with one attached hydrogen (secondary N) is 1. The molecular weight excluding hydrogens is 1240 g/mol. The normalized spacial score (nSPS) is 32.9. The van der Waals surface area contributed by atoms with Gasteiger partial charge in [0.05, 0.1) is 69.5 Å². The third-order valence-electron chi connectivity index (χ3n) is 22.6. The number of hydrogen-bond acceptors (Lipinski definition) is 23. The van der Waals surface area contributed by atoms with Crippen LogP contribution in [0.5, 0.6) is 23.0 Å². The maximum Gasteiger partial charge on any atom is 0.344 e. The molecule has 9 aliphatic rings. The van der Waals surface area contributed by atoms with Gasteiger partial charge >= 0.3 is 17.9 Å². The van der Waals surface area contributed by atoms with E-state index >= 15 is 4.79 Å². The number of benzene rings is 4. The number of rotatable bonds is 12. The highest BCUT2D eigenvalue weighted by molar-refractivity contribution is 6.31. The molecule has 510 valence electrons. The van der Waals surface area contributed by atoms with Crippen LogP contribution >= 0.6 is 0 Å². The van der Waals surface area contributed by atoms with Crippen molar-refractivity contribution in [1.29, 1.82) is 0 Å². The van der Waals surface area contributed by atoms with Crippen LogP contribution < -0.4 is 20.1 Å². The number of likely N-dealkylation sites (N-methyl/N-ethyl adjacent to an activating group) is 1. The number of carbonyl (C=O) groups excluding carboxylic acids is 6. The van der Waals surface area contributed by atoms with E-state index in [0.29, 0.717) is 50.2 Å². The largest absolute Gasteiger partial charge is 0.507 e. The number of aromatic nitrogens is 1. The van der Waals surface area contributed by atoms with Crippen LogP contribution in [0, 0.1) is 11.3 Å². The average Bonchev–Trinajstić information content (AvgIpc) is 1.47. The molecule has 96 heavy (non-hydrogen) atoms.